The lowest BCUT2D eigenvalue weighted by atomic mass is 9.85. The number of hydrogen-bond acceptors (Lipinski definition) is 5. The highest BCUT2D eigenvalue weighted by Gasteiger charge is 2.48. The summed E-state index contributed by atoms with van der Waals surface area (Å²) < 4.78 is 5.55. The van der Waals surface area contributed by atoms with E-state index in [1.54, 1.807) is 30.5 Å². The van der Waals surface area contributed by atoms with Gasteiger partial charge < -0.3 is 4.42 Å². The lowest BCUT2D eigenvalue weighted by molar-refractivity contribution is -0.147. The largest absolute Gasteiger partial charge is 0.467 e. The zero-order chi connectivity index (χ0) is 21.5. The number of carbonyl (C=O) groups is 3. The predicted octanol–water partition coefficient (Wildman–Crippen LogP) is 3.56. The van der Waals surface area contributed by atoms with E-state index >= 15 is 0 Å². The minimum atomic E-state index is -0.440. The molecule has 0 saturated carbocycles. The molecule has 3 aliphatic rings. The van der Waals surface area contributed by atoms with Crippen LogP contribution in [-0.4, -0.2) is 39.9 Å². The van der Waals surface area contributed by atoms with Crippen molar-refractivity contribution in [2.45, 2.75) is 25.3 Å². The summed E-state index contributed by atoms with van der Waals surface area (Å²) in [5, 5.41) is 6.49. The number of hydrazone groups is 1. The van der Waals surface area contributed by atoms with Crippen LogP contribution < -0.4 is 0 Å². The molecule has 2 aliphatic heterocycles. The highest BCUT2D eigenvalue weighted by Crippen LogP contribution is 2.37. The van der Waals surface area contributed by atoms with Gasteiger partial charge in [0, 0.05) is 11.4 Å². The third-order valence-electron chi connectivity index (χ3n) is 6.11. The van der Waals surface area contributed by atoms with E-state index in [-0.39, 0.29) is 30.2 Å². The van der Waals surface area contributed by atoms with Crippen molar-refractivity contribution < 1.29 is 18.8 Å². The van der Waals surface area contributed by atoms with Gasteiger partial charge in [0.05, 0.1) is 23.8 Å². The molecule has 158 valence electrons. The van der Waals surface area contributed by atoms with E-state index in [0.29, 0.717) is 35.8 Å². The normalized spacial score (nSPS) is 25.2. The topological polar surface area (TPSA) is 83.2 Å². The second kappa shape index (κ2) is 7.81. The van der Waals surface area contributed by atoms with E-state index in [2.05, 4.69) is 5.10 Å². The fourth-order valence-corrected chi connectivity index (χ4v) is 4.62. The van der Waals surface area contributed by atoms with Crippen LogP contribution in [0.25, 0.3) is 0 Å². The van der Waals surface area contributed by atoms with Crippen molar-refractivity contribution >= 4 is 35.0 Å². The average Bonchev–Trinajstić information content (AvgIpc) is 3.51. The quantitative estimate of drug-likeness (QED) is 0.540. The van der Waals surface area contributed by atoms with Crippen LogP contribution in [0, 0.1) is 11.8 Å². The number of furan rings is 1. The monoisotopic (exact) mass is 437 g/mol. The minimum absolute atomic E-state index is 0.275. The van der Waals surface area contributed by atoms with Gasteiger partial charge in [-0.25, -0.2) is 5.01 Å². The van der Waals surface area contributed by atoms with E-state index in [1.165, 1.54) is 5.01 Å². The molecule has 0 bridgehead atoms. The number of imide groups is 1. The van der Waals surface area contributed by atoms with Crippen molar-refractivity contribution in [2.24, 2.45) is 16.9 Å². The molecule has 5 rings (SSSR count). The zero-order valence-corrected chi connectivity index (χ0v) is 17.4. The number of benzene rings is 1. The molecular weight excluding hydrogens is 418 g/mol. The predicted molar refractivity (Wildman–Crippen MR) is 113 cm³/mol. The Hall–Kier alpha value is -3.19. The molecule has 0 spiro atoms. The summed E-state index contributed by atoms with van der Waals surface area (Å²) in [6.45, 7) is -0.320. The number of amides is 3. The Labute approximate surface area is 183 Å². The number of fused-ring (bicyclic) bond motifs is 1. The van der Waals surface area contributed by atoms with Gasteiger partial charge in [-0.2, -0.15) is 5.10 Å². The molecular formula is C23H20ClN3O4. The molecule has 1 aromatic carbocycles. The number of allylic oxidation sites excluding steroid dienone is 2. The summed E-state index contributed by atoms with van der Waals surface area (Å²) in [7, 11) is 0. The molecule has 7 nitrogen and oxygen atoms in total. The highest BCUT2D eigenvalue weighted by atomic mass is 35.5. The molecule has 1 saturated heterocycles. The Kier molecular flexibility index (Phi) is 4.98. The van der Waals surface area contributed by atoms with Gasteiger partial charge in [0.1, 0.15) is 18.3 Å². The molecule has 8 heteroatoms. The lowest BCUT2D eigenvalue weighted by Gasteiger charge is -2.22. The Bertz CT molecular complexity index is 1060. The van der Waals surface area contributed by atoms with Gasteiger partial charge in [-0.05, 0) is 42.7 Å². The van der Waals surface area contributed by atoms with Crippen molar-refractivity contribution in [1.29, 1.82) is 0 Å². The smallest absolute Gasteiger partial charge is 0.263 e. The summed E-state index contributed by atoms with van der Waals surface area (Å²) >= 11 is 5.99. The summed E-state index contributed by atoms with van der Waals surface area (Å²) in [6.07, 6.45) is 6.93. The highest BCUT2D eigenvalue weighted by molar-refractivity contribution is 6.30. The van der Waals surface area contributed by atoms with Crippen molar-refractivity contribution in [2.75, 3.05) is 6.54 Å². The molecule has 3 unspecified atom stereocenters. The van der Waals surface area contributed by atoms with Gasteiger partial charge in [0.2, 0.25) is 11.8 Å². The van der Waals surface area contributed by atoms with Crippen molar-refractivity contribution in [3.05, 3.63) is 71.2 Å². The third kappa shape index (κ3) is 3.49. The van der Waals surface area contributed by atoms with E-state index in [1.807, 2.05) is 24.3 Å². The molecule has 3 heterocycles. The van der Waals surface area contributed by atoms with Gasteiger partial charge in [-0.3, -0.25) is 19.3 Å². The van der Waals surface area contributed by atoms with Crippen LogP contribution in [0.3, 0.4) is 0 Å². The molecule has 0 radical (unpaired) electrons. The molecule has 1 fully saturated rings. The SMILES string of the molecule is O=C1C2CC=CCC2C(=O)N1CC(=O)N1N=C(c2ccc(Cl)cc2)CC1c1ccco1. The van der Waals surface area contributed by atoms with Crippen LogP contribution in [0.1, 0.15) is 36.6 Å². The first-order valence-corrected chi connectivity index (χ1v) is 10.6. The number of rotatable bonds is 4. The Morgan fingerprint density at radius 2 is 1.74 bits per heavy atom. The van der Waals surface area contributed by atoms with Crippen LogP contribution in [0.4, 0.5) is 0 Å². The minimum Gasteiger partial charge on any atom is -0.467 e. The maximum absolute atomic E-state index is 13.2. The van der Waals surface area contributed by atoms with Crippen molar-refractivity contribution in [3.63, 3.8) is 0 Å². The number of hydrogen-bond donors (Lipinski definition) is 0. The maximum atomic E-state index is 13.2. The summed E-state index contributed by atoms with van der Waals surface area (Å²) in [5.74, 6) is -1.10. The third-order valence-corrected chi connectivity index (χ3v) is 6.36. The van der Waals surface area contributed by atoms with Crippen LogP contribution in [0.2, 0.25) is 5.02 Å². The Morgan fingerprint density at radius 1 is 1.06 bits per heavy atom. The van der Waals surface area contributed by atoms with Crippen molar-refractivity contribution in [1.82, 2.24) is 9.91 Å². The second-order valence-electron chi connectivity index (χ2n) is 7.95. The number of carbonyl (C=O) groups excluding carboxylic acids is 3. The van der Waals surface area contributed by atoms with E-state index in [4.69, 9.17) is 16.0 Å². The van der Waals surface area contributed by atoms with Gasteiger partial charge in [-0.1, -0.05) is 35.9 Å². The van der Waals surface area contributed by atoms with Gasteiger partial charge in [-0.15, -0.1) is 0 Å². The Morgan fingerprint density at radius 3 is 2.35 bits per heavy atom. The van der Waals surface area contributed by atoms with Crippen LogP contribution >= 0.6 is 11.6 Å². The van der Waals surface area contributed by atoms with E-state index < -0.39 is 11.9 Å². The molecule has 3 amide bonds. The summed E-state index contributed by atoms with van der Waals surface area (Å²) in [5.41, 5.74) is 1.56. The van der Waals surface area contributed by atoms with E-state index in [0.717, 1.165) is 10.5 Å². The molecule has 31 heavy (non-hydrogen) atoms. The first-order valence-electron chi connectivity index (χ1n) is 10.2. The zero-order valence-electron chi connectivity index (χ0n) is 16.6. The van der Waals surface area contributed by atoms with Gasteiger partial charge in [0.15, 0.2) is 0 Å². The van der Waals surface area contributed by atoms with Crippen LogP contribution in [-0.2, 0) is 14.4 Å². The number of halogens is 1. The summed E-state index contributed by atoms with van der Waals surface area (Å²) in [4.78, 5) is 39.8. The molecule has 1 aromatic heterocycles. The van der Waals surface area contributed by atoms with Gasteiger partial charge >= 0.3 is 0 Å². The average molecular weight is 438 g/mol. The van der Waals surface area contributed by atoms with E-state index in [9.17, 15) is 14.4 Å². The van der Waals surface area contributed by atoms with Crippen molar-refractivity contribution in [3.8, 4) is 0 Å². The first-order chi connectivity index (χ1) is 15.0. The molecule has 2 aromatic rings. The number of likely N-dealkylation sites (tertiary alicyclic amines) is 1. The second-order valence-corrected chi connectivity index (χ2v) is 8.38. The molecule has 0 N–H and O–H groups in total. The van der Waals surface area contributed by atoms with Crippen LogP contribution in [0.15, 0.2) is 64.3 Å². The first kappa shape index (κ1) is 19.8. The molecule has 3 atom stereocenters. The van der Waals surface area contributed by atoms with Crippen LogP contribution in [0.5, 0.6) is 0 Å². The maximum Gasteiger partial charge on any atom is 0.263 e. The Balaban J connectivity index is 1.40. The number of nitrogens with zero attached hydrogens (tertiary/aromatic N) is 3. The fraction of sp³-hybridized carbons (Fsp3) is 0.304. The van der Waals surface area contributed by atoms with Gasteiger partial charge in [0.25, 0.3) is 5.91 Å². The summed E-state index contributed by atoms with van der Waals surface area (Å²) in [6, 6.07) is 10.3. The standard InChI is InChI=1S/C23H20ClN3O4/c24-15-9-7-14(8-10-15)18-12-19(20-6-3-11-31-20)27(25-18)21(28)13-26-22(29)16-4-1-2-5-17(16)23(26)30/h1-3,6-11,16-17,19H,4-5,12-13H2. The molecule has 1 aliphatic carbocycles. The lowest BCUT2D eigenvalue weighted by Crippen LogP contribution is -2.41. The fourth-order valence-electron chi connectivity index (χ4n) is 4.49.